The van der Waals surface area contributed by atoms with Crippen molar-refractivity contribution in [3.63, 3.8) is 0 Å². The fraction of sp³-hybridized carbons (Fsp3) is 0.250. The van der Waals surface area contributed by atoms with E-state index in [-0.39, 0.29) is 4.90 Å². The summed E-state index contributed by atoms with van der Waals surface area (Å²) in [6.07, 6.45) is 0. The van der Waals surface area contributed by atoms with Crippen molar-refractivity contribution in [1.82, 2.24) is 4.72 Å². The number of benzene rings is 2. The fourth-order valence-electron chi connectivity index (χ4n) is 2.10. The summed E-state index contributed by atoms with van der Waals surface area (Å²) in [6, 6.07) is 11.4. The molecule has 0 aromatic heterocycles. The van der Waals surface area contributed by atoms with Crippen molar-refractivity contribution in [2.45, 2.75) is 17.9 Å². The summed E-state index contributed by atoms with van der Waals surface area (Å²) < 4.78 is 38.8. The van der Waals surface area contributed by atoms with Crippen molar-refractivity contribution in [2.24, 2.45) is 0 Å². The van der Waals surface area contributed by atoms with Crippen LogP contribution in [0.3, 0.4) is 0 Å². The molecule has 2 aromatic carbocycles. The molecule has 7 heteroatoms. The van der Waals surface area contributed by atoms with Crippen LogP contribution < -0.4 is 14.2 Å². The normalized spacial score (nSPS) is 12.7. The Labute approximate surface area is 144 Å². The minimum absolute atomic E-state index is 0.216. The molecule has 0 bridgehead atoms. The van der Waals surface area contributed by atoms with Crippen LogP contribution in [0.2, 0.25) is 0 Å². The second-order valence-corrected chi connectivity index (χ2v) is 7.54. The molecule has 0 fully saturated rings. The number of ether oxygens (including phenoxy) is 2. The molecule has 23 heavy (non-hydrogen) atoms. The molecule has 0 saturated heterocycles. The van der Waals surface area contributed by atoms with Crippen LogP contribution >= 0.6 is 15.9 Å². The Morgan fingerprint density at radius 1 is 1.00 bits per heavy atom. The Morgan fingerprint density at radius 3 is 2.17 bits per heavy atom. The molecule has 1 atom stereocenters. The van der Waals surface area contributed by atoms with Gasteiger partial charge < -0.3 is 9.47 Å². The van der Waals surface area contributed by atoms with E-state index in [1.54, 1.807) is 56.5 Å². The molecule has 0 aliphatic carbocycles. The van der Waals surface area contributed by atoms with Crippen LogP contribution in [0, 0.1) is 0 Å². The molecule has 0 aliphatic rings. The Morgan fingerprint density at radius 2 is 1.61 bits per heavy atom. The van der Waals surface area contributed by atoms with Crippen molar-refractivity contribution in [1.29, 1.82) is 0 Å². The minimum atomic E-state index is -3.60. The van der Waals surface area contributed by atoms with E-state index in [0.717, 1.165) is 10.0 Å². The van der Waals surface area contributed by atoms with Crippen LogP contribution in [-0.2, 0) is 10.0 Å². The molecule has 0 radical (unpaired) electrons. The third kappa shape index (κ3) is 4.25. The molecular weight excluding hydrogens is 382 g/mol. The lowest BCUT2D eigenvalue weighted by atomic mass is 10.1. The van der Waals surface area contributed by atoms with E-state index in [0.29, 0.717) is 11.5 Å². The van der Waals surface area contributed by atoms with Gasteiger partial charge in [-0.2, -0.15) is 0 Å². The molecule has 124 valence electrons. The lowest BCUT2D eigenvalue weighted by molar-refractivity contribution is 0.354. The van der Waals surface area contributed by atoms with Gasteiger partial charge in [-0.25, -0.2) is 13.1 Å². The molecule has 0 heterocycles. The molecule has 0 unspecified atom stereocenters. The zero-order chi connectivity index (χ0) is 17.0. The highest BCUT2D eigenvalue weighted by molar-refractivity contribution is 9.10. The predicted octanol–water partition coefficient (Wildman–Crippen LogP) is 3.51. The molecule has 1 N–H and O–H groups in total. The standard InChI is InChI=1S/C16H18BrNO4S/c1-11(12-4-9-15(21-2)16(10-12)22-3)18-23(19,20)14-7-5-13(17)6-8-14/h4-11,18H,1-3H3/t11-/m0/s1. The van der Waals surface area contributed by atoms with E-state index in [1.165, 1.54) is 7.11 Å². The number of hydrogen-bond donors (Lipinski definition) is 1. The van der Waals surface area contributed by atoms with Gasteiger partial charge in [-0.3, -0.25) is 0 Å². The molecule has 5 nitrogen and oxygen atoms in total. The average molecular weight is 400 g/mol. The fourth-order valence-corrected chi connectivity index (χ4v) is 3.60. The Balaban J connectivity index is 2.24. The number of methoxy groups -OCH3 is 2. The van der Waals surface area contributed by atoms with E-state index in [2.05, 4.69) is 20.7 Å². The van der Waals surface area contributed by atoms with Crippen molar-refractivity contribution >= 4 is 26.0 Å². The first-order chi connectivity index (χ1) is 10.9. The van der Waals surface area contributed by atoms with Crippen LogP contribution in [0.25, 0.3) is 0 Å². The second-order valence-electron chi connectivity index (χ2n) is 4.91. The maximum Gasteiger partial charge on any atom is 0.241 e. The summed E-state index contributed by atoms with van der Waals surface area (Å²) in [5.41, 5.74) is 0.781. The summed E-state index contributed by atoms with van der Waals surface area (Å²) in [5, 5.41) is 0. The molecule has 0 amide bonds. The summed E-state index contributed by atoms with van der Waals surface area (Å²) >= 11 is 3.29. The third-order valence-electron chi connectivity index (χ3n) is 3.36. The van der Waals surface area contributed by atoms with Crippen LogP contribution in [-0.4, -0.2) is 22.6 Å². The largest absolute Gasteiger partial charge is 0.493 e. The lowest BCUT2D eigenvalue weighted by Crippen LogP contribution is -2.26. The molecular formula is C16H18BrNO4S. The molecule has 0 saturated carbocycles. The van der Waals surface area contributed by atoms with E-state index >= 15 is 0 Å². The molecule has 2 rings (SSSR count). The Hall–Kier alpha value is -1.57. The third-order valence-corrected chi connectivity index (χ3v) is 5.45. The van der Waals surface area contributed by atoms with Gasteiger partial charge in [0, 0.05) is 10.5 Å². The monoisotopic (exact) mass is 399 g/mol. The zero-order valence-electron chi connectivity index (χ0n) is 13.0. The Bertz CT molecular complexity index is 775. The summed E-state index contributed by atoms with van der Waals surface area (Å²) in [6.45, 7) is 1.78. The van der Waals surface area contributed by atoms with Gasteiger partial charge in [0.15, 0.2) is 11.5 Å². The van der Waals surface area contributed by atoms with Crippen LogP contribution in [0.5, 0.6) is 11.5 Å². The van der Waals surface area contributed by atoms with Gasteiger partial charge >= 0.3 is 0 Å². The molecule has 0 aliphatic heterocycles. The molecule has 0 spiro atoms. The van der Waals surface area contributed by atoms with E-state index in [9.17, 15) is 8.42 Å². The maximum absolute atomic E-state index is 12.4. The van der Waals surface area contributed by atoms with Crippen molar-refractivity contribution in [2.75, 3.05) is 14.2 Å². The smallest absolute Gasteiger partial charge is 0.241 e. The maximum atomic E-state index is 12.4. The minimum Gasteiger partial charge on any atom is -0.493 e. The first-order valence-corrected chi connectivity index (χ1v) is 9.15. The lowest BCUT2D eigenvalue weighted by Gasteiger charge is -2.16. The van der Waals surface area contributed by atoms with E-state index in [1.807, 2.05) is 0 Å². The number of hydrogen-bond acceptors (Lipinski definition) is 4. The van der Waals surface area contributed by atoms with Gasteiger partial charge in [0.1, 0.15) is 0 Å². The van der Waals surface area contributed by atoms with Gasteiger partial charge in [-0.05, 0) is 48.9 Å². The number of sulfonamides is 1. The highest BCUT2D eigenvalue weighted by atomic mass is 79.9. The number of nitrogens with one attached hydrogen (secondary N) is 1. The van der Waals surface area contributed by atoms with Gasteiger partial charge in [-0.1, -0.05) is 22.0 Å². The SMILES string of the molecule is COc1ccc([C@H](C)NS(=O)(=O)c2ccc(Br)cc2)cc1OC. The van der Waals surface area contributed by atoms with Gasteiger partial charge in [0.25, 0.3) is 0 Å². The van der Waals surface area contributed by atoms with E-state index < -0.39 is 16.1 Å². The first kappa shape index (κ1) is 17.8. The summed E-state index contributed by atoms with van der Waals surface area (Å²) in [4.78, 5) is 0.216. The van der Waals surface area contributed by atoms with Crippen molar-refractivity contribution in [3.05, 3.63) is 52.5 Å². The summed E-state index contributed by atoms with van der Waals surface area (Å²) in [5.74, 6) is 1.15. The number of halogens is 1. The van der Waals surface area contributed by atoms with Crippen LogP contribution in [0.4, 0.5) is 0 Å². The van der Waals surface area contributed by atoms with Gasteiger partial charge in [0.05, 0.1) is 19.1 Å². The van der Waals surface area contributed by atoms with Crippen LogP contribution in [0.1, 0.15) is 18.5 Å². The van der Waals surface area contributed by atoms with E-state index in [4.69, 9.17) is 9.47 Å². The Kier molecular flexibility index (Phi) is 5.67. The molecule has 2 aromatic rings. The predicted molar refractivity (Wildman–Crippen MR) is 92.4 cm³/mol. The topological polar surface area (TPSA) is 64.6 Å². The summed E-state index contributed by atoms with van der Waals surface area (Å²) in [7, 11) is -0.510. The second kappa shape index (κ2) is 7.33. The first-order valence-electron chi connectivity index (χ1n) is 6.87. The van der Waals surface area contributed by atoms with Gasteiger partial charge in [0.2, 0.25) is 10.0 Å². The average Bonchev–Trinajstić information content (AvgIpc) is 2.54. The highest BCUT2D eigenvalue weighted by Gasteiger charge is 2.19. The number of rotatable bonds is 6. The zero-order valence-corrected chi connectivity index (χ0v) is 15.4. The van der Waals surface area contributed by atoms with Crippen molar-refractivity contribution < 1.29 is 17.9 Å². The highest BCUT2D eigenvalue weighted by Crippen LogP contribution is 2.30. The quantitative estimate of drug-likeness (QED) is 0.806. The van der Waals surface area contributed by atoms with Crippen LogP contribution in [0.15, 0.2) is 51.8 Å². The van der Waals surface area contributed by atoms with Gasteiger partial charge in [-0.15, -0.1) is 0 Å². The van der Waals surface area contributed by atoms with Crippen molar-refractivity contribution in [3.8, 4) is 11.5 Å².